The third-order valence-corrected chi connectivity index (χ3v) is 5.19. The molecule has 0 heterocycles. The van der Waals surface area contributed by atoms with Crippen molar-refractivity contribution in [1.82, 2.24) is 0 Å². The van der Waals surface area contributed by atoms with Crippen LogP contribution in [0.15, 0.2) is 34.4 Å². The molecule has 17 heavy (non-hydrogen) atoms. The van der Waals surface area contributed by atoms with Gasteiger partial charge < -0.3 is 5.11 Å². The second-order valence-electron chi connectivity index (χ2n) is 5.99. The normalized spacial score (nSPS) is 38.5. The molecule has 0 saturated carbocycles. The summed E-state index contributed by atoms with van der Waals surface area (Å²) in [6, 6.07) is 0. The summed E-state index contributed by atoms with van der Waals surface area (Å²) in [6.07, 6.45) is 9.43. The van der Waals surface area contributed by atoms with Crippen molar-refractivity contribution in [2.75, 3.05) is 0 Å². The maximum Gasteiger partial charge on any atom is 0.0729 e. The molecule has 1 unspecified atom stereocenters. The van der Waals surface area contributed by atoms with Crippen LogP contribution in [0.2, 0.25) is 0 Å². The largest absolute Gasteiger partial charge is 0.389 e. The minimum atomic E-state index is -0.280. The number of allylic oxidation sites excluding steroid dienone is 4. The quantitative estimate of drug-likeness (QED) is 0.659. The molecule has 1 N–H and O–H groups in total. The van der Waals surface area contributed by atoms with E-state index in [9.17, 15) is 5.11 Å². The number of aliphatic hydroxyl groups excluding tert-OH is 1. The first kappa shape index (κ1) is 13.1. The zero-order valence-electron chi connectivity index (χ0n) is 10.8. The van der Waals surface area contributed by atoms with Gasteiger partial charge in [0, 0.05) is 5.41 Å². The zero-order chi connectivity index (χ0) is 12.7. The van der Waals surface area contributed by atoms with E-state index in [4.69, 9.17) is 0 Å². The SMILES string of the molecule is CC1=CC(O)CC(C)(C)[C@@]12C=CC(=CBr)CC2. The zero-order valence-corrected chi connectivity index (χ0v) is 12.4. The van der Waals surface area contributed by atoms with E-state index in [1.54, 1.807) is 0 Å². The fourth-order valence-corrected chi connectivity index (χ4v) is 3.86. The summed E-state index contributed by atoms with van der Waals surface area (Å²) < 4.78 is 0. The van der Waals surface area contributed by atoms with Crippen LogP contribution in [0.1, 0.15) is 40.0 Å². The topological polar surface area (TPSA) is 20.2 Å². The number of hydrogen-bond acceptors (Lipinski definition) is 1. The maximum atomic E-state index is 9.91. The van der Waals surface area contributed by atoms with E-state index in [1.165, 1.54) is 11.1 Å². The first-order chi connectivity index (χ1) is 7.91. The standard InChI is InChI=1S/C15H21BrO/c1-11-8-13(17)9-14(2,3)15(11)6-4-12(10-16)5-7-15/h4,6,8,10,13,17H,5,7,9H2,1-3H3/t13?,15-/m1/s1. The van der Waals surface area contributed by atoms with Gasteiger partial charge in [-0.05, 0) is 42.2 Å². The second kappa shape index (κ2) is 4.40. The van der Waals surface area contributed by atoms with Crippen LogP contribution in [-0.4, -0.2) is 11.2 Å². The van der Waals surface area contributed by atoms with Crippen molar-refractivity contribution in [1.29, 1.82) is 0 Å². The lowest BCUT2D eigenvalue weighted by atomic mass is 9.53. The Morgan fingerprint density at radius 3 is 2.65 bits per heavy atom. The van der Waals surface area contributed by atoms with Gasteiger partial charge in [0.15, 0.2) is 0 Å². The van der Waals surface area contributed by atoms with Gasteiger partial charge in [-0.2, -0.15) is 0 Å². The van der Waals surface area contributed by atoms with E-state index in [0.29, 0.717) is 0 Å². The van der Waals surface area contributed by atoms with Gasteiger partial charge in [-0.1, -0.05) is 53.6 Å². The summed E-state index contributed by atoms with van der Waals surface area (Å²) in [5.74, 6) is 0. The van der Waals surface area contributed by atoms with Crippen molar-refractivity contribution in [3.8, 4) is 0 Å². The van der Waals surface area contributed by atoms with Crippen LogP contribution in [0.5, 0.6) is 0 Å². The summed E-state index contributed by atoms with van der Waals surface area (Å²) in [5.41, 5.74) is 2.93. The predicted octanol–water partition coefficient (Wildman–Crippen LogP) is 4.34. The monoisotopic (exact) mass is 296 g/mol. The van der Waals surface area contributed by atoms with E-state index < -0.39 is 0 Å². The molecule has 0 radical (unpaired) electrons. The molecule has 1 nitrogen and oxygen atoms in total. The highest BCUT2D eigenvalue weighted by molar-refractivity contribution is 9.11. The minimum absolute atomic E-state index is 0.125. The summed E-state index contributed by atoms with van der Waals surface area (Å²) in [6.45, 7) is 6.72. The summed E-state index contributed by atoms with van der Waals surface area (Å²) in [4.78, 5) is 2.01. The molecule has 0 aromatic rings. The molecule has 1 spiro atoms. The molecule has 2 atom stereocenters. The maximum absolute atomic E-state index is 9.91. The van der Waals surface area contributed by atoms with Crippen molar-refractivity contribution in [2.24, 2.45) is 10.8 Å². The van der Waals surface area contributed by atoms with Crippen LogP contribution < -0.4 is 0 Å². The molecule has 2 aliphatic rings. The smallest absolute Gasteiger partial charge is 0.0729 e. The van der Waals surface area contributed by atoms with Crippen LogP contribution in [0.4, 0.5) is 0 Å². The molecule has 0 amide bonds. The number of rotatable bonds is 0. The Labute approximate surface area is 112 Å². The van der Waals surface area contributed by atoms with Crippen molar-refractivity contribution in [3.05, 3.63) is 34.4 Å². The summed E-state index contributed by atoms with van der Waals surface area (Å²) >= 11 is 3.41. The molecule has 0 aromatic heterocycles. The molecular weight excluding hydrogens is 276 g/mol. The van der Waals surface area contributed by atoms with Crippen LogP contribution >= 0.6 is 15.9 Å². The minimum Gasteiger partial charge on any atom is -0.389 e. The lowest BCUT2D eigenvalue weighted by molar-refractivity contribution is 0.0563. The van der Waals surface area contributed by atoms with E-state index in [-0.39, 0.29) is 16.9 Å². The molecule has 0 aromatic carbocycles. The van der Waals surface area contributed by atoms with Crippen molar-refractivity contribution < 1.29 is 5.11 Å². The van der Waals surface area contributed by atoms with Gasteiger partial charge in [-0.15, -0.1) is 0 Å². The van der Waals surface area contributed by atoms with E-state index in [0.717, 1.165) is 19.3 Å². The second-order valence-corrected chi connectivity index (χ2v) is 6.45. The van der Waals surface area contributed by atoms with E-state index in [2.05, 4.69) is 48.9 Å². The highest BCUT2D eigenvalue weighted by Gasteiger charge is 2.48. The number of aliphatic hydroxyl groups is 1. The highest BCUT2D eigenvalue weighted by Crippen LogP contribution is 2.56. The average molecular weight is 297 g/mol. The highest BCUT2D eigenvalue weighted by atomic mass is 79.9. The first-order valence-electron chi connectivity index (χ1n) is 6.27. The van der Waals surface area contributed by atoms with Crippen LogP contribution in [-0.2, 0) is 0 Å². The molecule has 94 valence electrons. The van der Waals surface area contributed by atoms with Gasteiger partial charge in [0.2, 0.25) is 0 Å². The number of halogens is 1. The summed E-state index contributed by atoms with van der Waals surface area (Å²) in [7, 11) is 0. The fraction of sp³-hybridized carbons (Fsp3) is 0.600. The third-order valence-electron chi connectivity index (χ3n) is 4.60. The number of hydrogen-bond donors (Lipinski definition) is 1. The molecule has 0 bridgehead atoms. The molecular formula is C15H21BrO. The van der Waals surface area contributed by atoms with Crippen molar-refractivity contribution in [2.45, 2.75) is 46.1 Å². The predicted molar refractivity (Wildman–Crippen MR) is 76.0 cm³/mol. The van der Waals surface area contributed by atoms with Gasteiger partial charge in [0.05, 0.1) is 6.10 Å². The fourth-order valence-electron chi connectivity index (χ4n) is 3.48. The molecule has 2 aliphatic carbocycles. The van der Waals surface area contributed by atoms with Gasteiger partial charge in [0.25, 0.3) is 0 Å². The Hall–Kier alpha value is -0.340. The van der Waals surface area contributed by atoms with Crippen LogP contribution in [0.3, 0.4) is 0 Å². The Morgan fingerprint density at radius 2 is 2.18 bits per heavy atom. The Balaban J connectivity index is 2.45. The van der Waals surface area contributed by atoms with Gasteiger partial charge in [-0.3, -0.25) is 0 Å². The Bertz CT molecular complexity index is 403. The Morgan fingerprint density at radius 1 is 1.47 bits per heavy atom. The Kier molecular flexibility index (Phi) is 3.39. The van der Waals surface area contributed by atoms with Gasteiger partial charge >= 0.3 is 0 Å². The molecule has 0 aliphatic heterocycles. The molecule has 2 heteroatoms. The third kappa shape index (κ3) is 2.06. The van der Waals surface area contributed by atoms with Crippen LogP contribution in [0.25, 0.3) is 0 Å². The van der Waals surface area contributed by atoms with Gasteiger partial charge in [-0.25, -0.2) is 0 Å². The van der Waals surface area contributed by atoms with Crippen molar-refractivity contribution >= 4 is 15.9 Å². The lowest BCUT2D eigenvalue weighted by Gasteiger charge is -2.51. The van der Waals surface area contributed by atoms with E-state index >= 15 is 0 Å². The van der Waals surface area contributed by atoms with Gasteiger partial charge in [0.1, 0.15) is 0 Å². The molecule has 2 rings (SSSR count). The average Bonchev–Trinajstić information content (AvgIpc) is 2.26. The molecule has 0 fully saturated rings. The lowest BCUT2D eigenvalue weighted by Crippen LogP contribution is -2.44. The molecule has 0 saturated heterocycles. The first-order valence-corrected chi connectivity index (χ1v) is 7.18. The van der Waals surface area contributed by atoms with Crippen LogP contribution in [0, 0.1) is 10.8 Å². The summed E-state index contributed by atoms with van der Waals surface area (Å²) in [5, 5.41) is 9.91. The van der Waals surface area contributed by atoms with E-state index in [1.807, 2.05) is 11.1 Å². The van der Waals surface area contributed by atoms with Crippen molar-refractivity contribution in [3.63, 3.8) is 0 Å².